The summed E-state index contributed by atoms with van der Waals surface area (Å²) in [7, 11) is 3.31. The number of nitrogens with zero attached hydrogens (tertiary/aromatic N) is 1. The fourth-order valence-corrected chi connectivity index (χ4v) is 2.58. The SMILES string of the molecule is CCC(COC)N1C(=O)CNC1c1ccc(OC)cc1. The van der Waals surface area contributed by atoms with Crippen LogP contribution in [0.15, 0.2) is 24.3 Å². The standard InChI is InChI=1S/C15H22N2O3/c1-4-12(10-19-2)17-14(18)9-16-15(17)11-5-7-13(20-3)8-6-11/h5-8,12,15-16H,4,9-10H2,1-3H3. The van der Waals surface area contributed by atoms with Gasteiger partial charge in [-0.15, -0.1) is 0 Å². The van der Waals surface area contributed by atoms with Gasteiger partial charge < -0.3 is 14.4 Å². The Morgan fingerprint density at radius 3 is 2.60 bits per heavy atom. The Morgan fingerprint density at radius 1 is 1.35 bits per heavy atom. The number of benzene rings is 1. The Kier molecular flexibility index (Phi) is 4.98. The highest BCUT2D eigenvalue weighted by atomic mass is 16.5. The van der Waals surface area contributed by atoms with E-state index >= 15 is 0 Å². The molecule has 1 amide bonds. The Morgan fingerprint density at radius 2 is 2.05 bits per heavy atom. The summed E-state index contributed by atoms with van der Waals surface area (Å²) < 4.78 is 10.4. The number of ether oxygens (including phenoxy) is 2. The summed E-state index contributed by atoms with van der Waals surface area (Å²) in [5, 5.41) is 3.26. The summed E-state index contributed by atoms with van der Waals surface area (Å²) in [6.45, 7) is 2.99. The second-order valence-electron chi connectivity index (χ2n) is 4.88. The van der Waals surface area contributed by atoms with Gasteiger partial charge in [-0.1, -0.05) is 19.1 Å². The van der Waals surface area contributed by atoms with Gasteiger partial charge in [-0.2, -0.15) is 0 Å². The number of hydrogen-bond acceptors (Lipinski definition) is 4. The number of amides is 1. The van der Waals surface area contributed by atoms with Crippen molar-refractivity contribution < 1.29 is 14.3 Å². The number of carbonyl (C=O) groups is 1. The maximum absolute atomic E-state index is 12.1. The quantitative estimate of drug-likeness (QED) is 0.858. The summed E-state index contributed by atoms with van der Waals surface area (Å²) in [4.78, 5) is 14.0. The molecule has 1 aliphatic heterocycles. The highest BCUT2D eigenvalue weighted by molar-refractivity contribution is 5.81. The fourth-order valence-electron chi connectivity index (χ4n) is 2.58. The largest absolute Gasteiger partial charge is 0.497 e. The Bertz CT molecular complexity index is 447. The molecule has 2 unspecified atom stereocenters. The predicted molar refractivity (Wildman–Crippen MR) is 76.5 cm³/mol. The highest BCUT2D eigenvalue weighted by Crippen LogP contribution is 2.27. The lowest BCUT2D eigenvalue weighted by molar-refractivity contribution is -0.131. The van der Waals surface area contributed by atoms with Crippen LogP contribution in [-0.2, 0) is 9.53 Å². The molecule has 1 saturated heterocycles. The van der Waals surface area contributed by atoms with Crippen LogP contribution in [-0.4, -0.2) is 44.2 Å². The molecule has 1 aromatic rings. The lowest BCUT2D eigenvalue weighted by Gasteiger charge is -2.32. The van der Waals surface area contributed by atoms with Gasteiger partial charge in [0, 0.05) is 7.11 Å². The Balaban J connectivity index is 2.21. The third-order valence-corrected chi connectivity index (χ3v) is 3.67. The molecule has 0 aromatic heterocycles. The molecule has 1 aliphatic rings. The maximum Gasteiger partial charge on any atom is 0.238 e. The van der Waals surface area contributed by atoms with Crippen molar-refractivity contribution in [1.82, 2.24) is 10.2 Å². The number of rotatable bonds is 6. The monoisotopic (exact) mass is 278 g/mol. The van der Waals surface area contributed by atoms with Crippen molar-refractivity contribution in [2.24, 2.45) is 0 Å². The van der Waals surface area contributed by atoms with E-state index in [4.69, 9.17) is 9.47 Å². The van der Waals surface area contributed by atoms with Crippen molar-refractivity contribution in [1.29, 1.82) is 0 Å². The molecular weight excluding hydrogens is 256 g/mol. The minimum atomic E-state index is -0.0893. The van der Waals surface area contributed by atoms with Crippen LogP contribution in [0.2, 0.25) is 0 Å². The summed E-state index contributed by atoms with van der Waals surface area (Å²) in [5.41, 5.74) is 1.06. The number of methoxy groups -OCH3 is 2. The summed E-state index contributed by atoms with van der Waals surface area (Å²) in [6.07, 6.45) is 0.780. The van der Waals surface area contributed by atoms with Crippen molar-refractivity contribution in [3.05, 3.63) is 29.8 Å². The zero-order chi connectivity index (χ0) is 14.5. The van der Waals surface area contributed by atoms with E-state index in [2.05, 4.69) is 12.2 Å². The first kappa shape index (κ1) is 14.8. The third-order valence-electron chi connectivity index (χ3n) is 3.67. The lowest BCUT2D eigenvalue weighted by Crippen LogP contribution is -2.41. The van der Waals surface area contributed by atoms with Crippen molar-refractivity contribution in [2.45, 2.75) is 25.6 Å². The topological polar surface area (TPSA) is 50.8 Å². The molecule has 5 heteroatoms. The van der Waals surface area contributed by atoms with E-state index in [0.717, 1.165) is 17.7 Å². The molecule has 1 heterocycles. The molecule has 2 atom stereocenters. The van der Waals surface area contributed by atoms with Gasteiger partial charge in [-0.05, 0) is 24.1 Å². The van der Waals surface area contributed by atoms with Crippen LogP contribution in [0, 0.1) is 0 Å². The molecule has 1 fully saturated rings. The summed E-state index contributed by atoms with van der Waals surface area (Å²) in [6, 6.07) is 7.89. The summed E-state index contributed by atoms with van der Waals surface area (Å²) >= 11 is 0. The van der Waals surface area contributed by atoms with Crippen LogP contribution in [0.3, 0.4) is 0 Å². The van der Waals surface area contributed by atoms with Gasteiger partial charge in [0.2, 0.25) is 5.91 Å². The van der Waals surface area contributed by atoms with Gasteiger partial charge in [0.25, 0.3) is 0 Å². The van der Waals surface area contributed by atoms with E-state index in [0.29, 0.717) is 13.2 Å². The molecule has 1 N–H and O–H groups in total. The molecule has 2 rings (SSSR count). The minimum absolute atomic E-state index is 0.0893. The molecule has 0 saturated carbocycles. The first-order valence-electron chi connectivity index (χ1n) is 6.88. The molecule has 5 nitrogen and oxygen atoms in total. The van der Waals surface area contributed by atoms with Crippen molar-refractivity contribution >= 4 is 5.91 Å². The van der Waals surface area contributed by atoms with Crippen LogP contribution < -0.4 is 10.1 Å². The van der Waals surface area contributed by atoms with Gasteiger partial charge >= 0.3 is 0 Å². The molecule has 0 bridgehead atoms. The number of carbonyl (C=O) groups excluding carboxylic acids is 1. The van der Waals surface area contributed by atoms with Gasteiger partial charge in [0.1, 0.15) is 11.9 Å². The van der Waals surface area contributed by atoms with E-state index in [1.807, 2.05) is 29.2 Å². The zero-order valence-corrected chi connectivity index (χ0v) is 12.3. The van der Waals surface area contributed by atoms with E-state index in [1.165, 1.54) is 0 Å². The smallest absolute Gasteiger partial charge is 0.238 e. The van der Waals surface area contributed by atoms with Crippen LogP contribution in [0.1, 0.15) is 25.1 Å². The maximum atomic E-state index is 12.1. The van der Waals surface area contributed by atoms with Crippen LogP contribution in [0.4, 0.5) is 0 Å². The highest BCUT2D eigenvalue weighted by Gasteiger charge is 2.35. The van der Waals surface area contributed by atoms with Gasteiger partial charge in [0.05, 0.1) is 26.3 Å². The second kappa shape index (κ2) is 6.72. The van der Waals surface area contributed by atoms with Gasteiger partial charge in [0.15, 0.2) is 0 Å². The van der Waals surface area contributed by atoms with Gasteiger partial charge in [-0.25, -0.2) is 0 Å². The molecule has 0 radical (unpaired) electrons. The average Bonchev–Trinajstić information content (AvgIpc) is 2.86. The Hall–Kier alpha value is -1.59. The predicted octanol–water partition coefficient (Wildman–Crippen LogP) is 1.55. The van der Waals surface area contributed by atoms with Crippen molar-refractivity contribution in [2.75, 3.05) is 27.4 Å². The fraction of sp³-hybridized carbons (Fsp3) is 0.533. The molecule has 110 valence electrons. The average molecular weight is 278 g/mol. The first-order chi connectivity index (χ1) is 9.71. The third kappa shape index (κ3) is 2.94. The molecule has 1 aromatic carbocycles. The molecular formula is C15H22N2O3. The molecule has 0 aliphatic carbocycles. The van der Waals surface area contributed by atoms with Crippen LogP contribution in [0.5, 0.6) is 5.75 Å². The number of nitrogens with one attached hydrogen (secondary N) is 1. The van der Waals surface area contributed by atoms with Crippen molar-refractivity contribution in [3.63, 3.8) is 0 Å². The van der Waals surface area contributed by atoms with Gasteiger partial charge in [-0.3, -0.25) is 10.1 Å². The van der Waals surface area contributed by atoms with E-state index < -0.39 is 0 Å². The number of hydrogen-bond donors (Lipinski definition) is 1. The van der Waals surface area contributed by atoms with Crippen molar-refractivity contribution in [3.8, 4) is 5.75 Å². The van der Waals surface area contributed by atoms with E-state index in [1.54, 1.807) is 14.2 Å². The normalized spacial score (nSPS) is 20.2. The van der Waals surface area contributed by atoms with Crippen LogP contribution >= 0.6 is 0 Å². The molecule has 20 heavy (non-hydrogen) atoms. The summed E-state index contributed by atoms with van der Waals surface area (Å²) in [5.74, 6) is 0.934. The minimum Gasteiger partial charge on any atom is -0.497 e. The van der Waals surface area contributed by atoms with E-state index in [9.17, 15) is 4.79 Å². The van der Waals surface area contributed by atoms with E-state index in [-0.39, 0.29) is 18.1 Å². The Labute approximate surface area is 119 Å². The lowest BCUT2D eigenvalue weighted by atomic mass is 10.1. The second-order valence-corrected chi connectivity index (χ2v) is 4.88. The van der Waals surface area contributed by atoms with Crippen LogP contribution in [0.25, 0.3) is 0 Å². The first-order valence-corrected chi connectivity index (χ1v) is 6.88. The molecule has 0 spiro atoms. The zero-order valence-electron chi connectivity index (χ0n) is 12.3.